The van der Waals surface area contributed by atoms with Crippen molar-refractivity contribution in [2.75, 3.05) is 0 Å². The first-order valence-corrected chi connectivity index (χ1v) is 8.64. The highest BCUT2D eigenvalue weighted by Crippen LogP contribution is 2.49. The summed E-state index contributed by atoms with van der Waals surface area (Å²) in [4.78, 5) is 0. The fourth-order valence-corrected chi connectivity index (χ4v) is 4.53. The normalized spacial score (nSPS) is 37.5. The third-order valence-electron chi connectivity index (χ3n) is 5.96. The van der Waals surface area contributed by atoms with E-state index in [4.69, 9.17) is 6.42 Å². The fraction of sp³-hybridized carbons (Fsp3) is 0.600. The molecule has 0 unspecified atom stereocenters. The van der Waals surface area contributed by atoms with E-state index in [9.17, 15) is 15.3 Å². The zero-order valence-corrected chi connectivity index (χ0v) is 13.7. The van der Waals surface area contributed by atoms with E-state index in [2.05, 4.69) is 12.8 Å². The van der Waals surface area contributed by atoms with Gasteiger partial charge in [0, 0.05) is 0 Å². The van der Waals surface area contributed by atoms with Gasteiger partial charge in [-0.1, -0.05) is 18.9 Å². The molecule has 1 saturated carbocycles. The maximum atomic E-state index is 10.5. The van der Waals surface area contributed by atoms with Gasteiger partial charge in [0.25, 0.3) is 0 Å². The predicted octanol–water partition coefficient (Wildman–Crippen LogP) is 3.49. The lowest BCUT2D eigenvalue weighted by Crippen LogP contribution is -2.29. The molecule has 1 fully saturated rings. The van der Waals surface area contributed by atoms with Gasteiger partial charge in [-0.2, -0.15) is 0 Å². The summed E-state index contributed by atoms with van der Waals surface area (Å²) in [6, 6.07) is 5.37. The second-order valence-corrected chi connectivity index (χ2v) is 7.42. The molecule has 3 rings (SSSR count). The van der Waals surface area contributed by atoms with Gasteiger partial charge in [0.2, 0.25) is 0 Å². The Balaban J connectivity index is 1.95. The summed E-state index contributed by atoms with van der Waals surface area (Å²) in [5.74, 6) is 3.95. The van der Waals surface area contributed by atoms with E-state index in [0.29, 0.717) is 30.6 Å². The molecule has 124 valence electrons. The third-order valence-corrected chi connectivity index (χ3v) is 5.96. The SMILES string of the molecule is C#C[C@@]1(O)CCC[C@@H]2c3ccc(O)cc3[C@@H](O)C[C@H]2[C@@H](C)CC1. The number of aliphatic hydroxyl groups is 2. The van der Waals surface area contributed by atoms with Gasteiger partial charge in [0.1, 0.15) is 11.4 Å². The molecule has 2 aliphatic carbocycles. The van der Waals surface area contributed by atoms with Crippen molar-refractivity contribution in [3.63, 3.8) is 0 Å². The van der Waals surface area contributed by atoms with E-state index >= 15 is 0 Å². The third kappa shape index (κ3) is 3.11. The van der Waals surface area contributed by atoms with Crippen LogP contribution in [0.1, 0.15) is 68.6 Å². The lowest BCUT2D eigenvalue weighted by molar-refractivity contribution is 0.0696. The average Bonchev–Trinajstić information content (AvgIpc) is 2.59. The molecule has 0 radical (unpaired) electrons. The smallest absolute Gasteiger partial charge is 0.125 e. The number of rotatable bonds is 0. The largest absolute Gasteiger partial charge is 0.508 e. The van der Waals surface area contributed by atoms with Crippen LogP contribution >= 0.6 is 0 Å². The summed E-state index contributed by atoms with van der Waals surface area (Å²) in [7, 11) is 0. The van der Waals surface area contributed by atoms with Crippen LogP contribution < -0.4 is 0 Å². The van der Waals surface area contributed by atoms with Crippen LogP contribution in [-0.4, -0.2) is 20.9 Å². The molecule has 3 heteroatoms. The van der Waals surface area contributed by atoms with Crippen LogP contribution in [0.15, 0.2) is 18.2 Å². The Morgan fingerprint density at radius 1 is 1.22 bits per heavy atom. The molecular formula is C20H26O3. The van der Waals surface area contributed by atoms with Gasteiger partial charge in [0.15, 0.2) is 0 Å². The molecular weight excluding hydrogens is 288 g/mol. The first-order chi connectivity index (χ1) is 10.9. The van der Waals surface area contributed by atoms with Crippen molar-refractivity contribution in [2.24, 2.45) is 11.8 Å². The number of aliphatic hydroxyl groups excluding tert-OH is 1. The Morgan fingerprint density at radius 2 is 2.00 bits per heavy atom. The number of phenols is 1. The van der Waals surface area contributed by atoms with Crippen LogP contribution in [-0.2, 0) is 0 Å². The lowest BCUT2D eigenvalue weighted by Gasteiger charge is -2.39. The molecule has 1 aromatic carbocycles. The first kappa shape index (κ1) is 16.4. The lowest BCUT2D eigenvalue weighted by atomic mass is 9.67. The van der Waals surface area contributed by atoms with Crippen LogP contribution in [0.3, 0.4) is 0 Å². The van der Waals surface area contributed by atoms with E-state index in [1.807, 2.05) is 6.07 Å². The highest BCUT2D eigenvalue weighted by Gasteiger charge is 2.39. The van der Waals surface area contributed by atoms with Crippen molar-refractivity contribution < 1.29 is 15.3 Å². The molecule has 3 N–H and O–H groups in total. The molecule has 0 aliphatic heterocycles. The zero-order chi connectivity index (χ0) is 16.6. The quantitative estimate of drug-likeness (QED) is 0.642. The van der Waals surface area contributed by atoms with Crippen molar-refractivity contribution >= 4 is 0 Å². The highest BCUT2D eigenvalue weighted by atomic mass is 16.3. The van der Waals surface area contributed by atoms with Gasteiger partial charge in [-0.25, -0.2) is 0 Å². The van der Waals surface area contributed by atoms with Crippen molar-refractivity contribution in [3.05, 3.63) is 29.3 Å². The van der Waals surface area contributed by atoms with Gasteiger partial charge in [0.05, 0.1) is 6.10 Å². The van der Waals surface area contributed by atoms with Crippen molar-refractivity contribution in [1.82, 2.24) is 0 Å². The summed E-state index contributed by atoms with van der Waals surface area (Å²) in [6.45, 7) is 2.21. The maximum absolute atomic E-state index is 10.5. The van der Waals surface area contributed by atoms with Crippen molar-refractivity contribution in [2.45, 2.75) is 63.1 Å². The van der Waals surface area contributed by atoms with Crippen LogP contribution in [0.2, 0.25) is 0 Å². The Morgan fingerprint density at radius 3 is 2.74 bits per heavy atom. The molecule has 0 saturated heterocycles. The number of fused-ring (bicyclic) bond motifs is 3. The fourth-order valence-electron chi connectivity index (χ4n) is 4.53. The van der Waals surface area contributed by atoms with Crippen LogP contribution in [0.4, 0.5) is 0 Å². The van der Waals surface area contributed by atoms with Gasteiger partial charge in [-0.15, -0.1) is 6.42 Å². The monoisotopic (exact) mass is 314 g/mol. The minimum Gasteiger partial charge on any atom is -0.508 e. The van der Waals surface area contributed by atoms with E-state index in [1.54, 1.807) is 12.1 Å². The highest BCUT2D eigenvalue weighted by molar-refractivity contribution is 5.41. The van der Waals surface area contributed by atoms with Gasteiger partial charge >= 0.3 is 0 Å². The van der Waals surface area contributed by atoms with Crippen molar-refractivity contribution in [3.8, 4) is 18.1 Å². The van der Waals surface area contributed by atoms with E-state index in [-0.39, 0.29) is 5.75 Å². The molecule has 0 bridgehead atoms. The minimum atomic E-state index is -0.988. The predicted molar refractivity (Wildman–Crippen MR) is 89.9 cm³/mol. The van der Waals surface area contributed by atoms with E-state index in [1.165, 1.54) is 0 Å². The number of hydrogen-bond acceptors (Lipinski definition) is 3. The summed E-state index contributed by atoms with van der Waals surface area (Å²) in [5.41, 5.74) is 1.03. The molecule has 0 spiro atoms. The van der Waals surface area contributed by atoms with Crippen molar-refractivity contribution in [1.29, 1.82) is 0 Å². The molecule has 5 atom stereocenters. The van der Waals surface area contributed by atoms with Gasteiger partial charge in [-0.05, 0) is 79.5 Å². The summed E-state index contributed by atoms with van der Waals surface area (Å²) < 4.78 is 0. The van der Waals surface area contributed by atoms with E-state index < -0.39 is 11.7 Å². The molecule has 0 amide bonds. The zero-order valence-electron chi connectivity index (χ0n) is 13.7. The Hall–Kier alpha value is -1.50. The topological polar surface area (TPSA) is 60.7 Å². The molecule has 23 heavy (non-hydrogen) atoms. The van der Waals surface area contributed by atoms with E-state index in [0.717, 1.165) is 36.8 Å². The second-order valence-electron chi connectivity index (χ2n) is 7.42. The van der Waals surface area contributed by atoms with Crippen LogP contribution in [0, 0.1) is 24.2 Å². The second kappa shape index (κ2) is 6.19. The summed E-state index contributed by atoms with van der Waals surface area (Å²) in [5, 5.41) is 30.8. The molecule has 3 nitrogen and oxygen atoms in total. The Labute approximate surface area is 138 Å². The number of benzene rings is 1. The minimum absolute atomic E-state index is 0.207. The number of aromatic hydroxyl groups is 1. The molecule has 1 aromatic rings. The average molecular weight is 314 g/mol. The first-order valence-electron chi connectivity index (χ1n) is 8.64. The van der Waals surface area contributed by atoms with Gasteiger partial charge in [-0.3, -0.25) is 0 Å². The summed E-state index contributed by atoms with van der Waals surface area (Å²) >= 11 is 0. The number of terminal acetylenes is 1. The number of phenolic OH excluding ortho intramolecular Hbond substituents is 1. The molecule has 0 aromatic heterocycles. The van der Waals surface area contributed by atoms with Crippen LogP contribution in [0.25, 0.3) is 0 Å². The summed E-state index contributed by atoms with van der Waals surface area (Å²) in [6.07, 6.45) is 9.73. The Bertz CT molecular complexity index is 618. The Kier molecular flexibility index (Phi) is 4.40. The van der Waals surface area contributed by atoms with Gasteiger partial charge < -0.3 is 15.3 Å². The molecule has 0 heterocycles. The standard InChI is InChI=1S/C20H26O3/c1-3-20(23)9-4-5-15-16-7-6-14(21)11-18(16)19(22)12-17(15)13(2)8-10-20/h1,6-7,11,13,15,17,19,21-23H,4-5,8-10,12H2,2H3/t13-,15+,17-,19-,20+/m0/s1. The van der Waals surface area contributed by atoms with Crippen LogP contribution in [0.5, 0.6) is 5.75 Å². The maximum Gasteiger partial charge on any atom is 0.125 e. The molecule has 2 aliphatic rings. The number of hydrogen-bond donors (Lipinski definition) is 3.